The molecule has 3 aromatic carbocycles. The fourth-order valence-corrected chi connectivity index (χ4v) is 3.05. The van der Waals surface area contributed by atoms with Crippen LogP contribution < -0.4 is 15.4 Å². The lowest BCUT2D eigenvalue weighted by Gasteiger charge is -2.13. The van der Waals surface area contributed by atoms with Gasteiger partial charge in [-0.2, -0.15) is 0 Å². The molecule has 158 valence electrons. The highest BCUT2D eigenvalue weighted by Crippen LogP contribution is 2.29. The summed E-state index contributed by atoms with van der Waals surface area (Å²) in [5, 5.41) is 15.5. The average molecular weight is 418 g/mol. The minimum atomic E-state index is -1.19. The van der Waals surface area contributed by atoms with Crippen LogP contribution in [0.15, 0.2) is 72.4 Å². The number of aliphatic carboxylic acids is 1. The van der Waals surface area contributed by atoms with E-state index < -0.39 is 24.3 Å². The van der Waals surface area contributed by atoms with Gasteiger partial charge in [-0.25, -0.2) is 0 Å². The Morgan fingerprint density at radius 3 is 2.29 bits per heavy atom. The maximum absolute atomic E-state index is 12.6. The molecule has 0 aliphatic heterocycles. The van der Waals surface area contributed by atoms with E-state index in [1.54, 1.807) is 42.5 Å². The second-order valence-electron chi connectivity index (χ2n) is 6.59. The summed E-state index contributed by atoms with van der Waals surface area (Å²) in [4.78, 5) is 36.1. The molecule has 0 aromatic heterocycles. The van der Waals surface area contributed by atoms with Crippen molar-refractivity contribution in [3.8, 4) is 5.75 Å². The maximum atomic E-state index is 12.6. The third kappa shape index (κ3) is 5.48. The van der Waals surface area contributed by atoms with Gasteiger partial charge in [0.2, 0.25) is 0 Å². The van der Waals surface area contributed by atoms with Crippen LogP contribution in [-0.2, 0) is 9.59 Å². The van der Waals surface area contributed by atoms with Crippen molar-refractivity contribution in [3.63, 3.8) is 0 Å². The lowest BCUT2D eigenvalue weighted by Crippen LogP contribution is -2.37. The van der Waals surface area contributed by atoms with Crippen LogP contribution in [0.25, 0.3) is 16.8 Å². The summed E-state index contributed by atoms with van der Waals surface area (Å²) in [6.07, 6.45) is 1.52. The van der Waals surface area contributed by atoms with Crippen molar-refractivity contribution in [1.29, 1.82) is 0 Å². The van der Waals surface area contributed by atoms with Crippen molar-refractivity contribution in [2.45, 2.75) is 6.92 Å². The number of carbonyl (C=O) groups excluding carboxylic acids is 2. The third-order valence-corrected chi connectivity index (χ3v) is 4.45. The van der Waals surface area contributed by atoms with Gasteiger partial charge >= 0.3 is 5.97 Å². The molecule has 3 N–H and O–H groups in total. The van der Waals surface area contributed by atoms with Crippen molar-refractivity contribution < 1.29 is 24.2 Å². The minimum absolute atomic E-state index is 0.0654. The van der Waals surface area contributed by atoms with Crippen LogP contribution in [0.1, 0.15) is 22.8 Å². The topological polar surface area (TPSA) is 105 Å². The minimum Gasteiger partial charge on any atom is -0.493 e. The van der Waals surface area contributed by atoms with Gasteiger partial charge < -0.3 is 20.5 Å². The number of benzene rings is 3. The highest BCUT2D eigenvalue weighted by atomic mass is 16.5. The van der Waals surface area contributed by atoms with Crippen molar-refractivity contribution in [2.75, 3.05) is 13.2 Å². The molecule has 0 fully saturated rings. The van der Waals surface area contributed by atoms with Gasteiger partial charge in [0.25, 0.3) is 11.8 Å². The fraction of sp³-hybridized carbons (Fsp3) is 0.125. The number of hydrogen-bond acceptors (Lipinski definition) is 4. The molecular weight excluding hydrogens is 396 g/mol. The zero-order valence-electron chi connectivity index (χ0n) is 16.9. The number of carboxylic acids is 1. The first kappa shape index (κ1) is 21.6. The average Bonchev–Trinajstić information content (AvgIpc) is 2.79. The number of hydrogen-bond donors (Lipinski definition) is 3. The van der Waals surface area contributed by atoms with Crippen molar-refractivity contribution in [3.05, 3.63) is 83.6 Å². The first-order valence-corrected chi connectivity index (χ1v) is 9.72. The number of ether oxygens (including phenoxy) is 1. The quantitative estimate of drug-likeness (QED) is 0.487. The predicted molar refractivity (Wildman–Crippen MR) is 118 cm³/mol. The molecule has 3 rings (SSSR count). The van der Waals surface area contributed by atoms with Crippen molar-refractivity contribution >= 4 is 34.6 Å². The zero-order valence-corrected chi connectivity index (χ0v) is 16.9. The molecule has 0 aliphatic carbocycles. The summed E-state index contributed by atoms with van der Waals surface area (Å²) >= 11 is 0. The highest BCUT2D eigenvalue weighted by Gasteiger charge is 2.16. The van der Waals surface area contributed by atoms with Gasteiger partial charge in [0.05, 0.1) is 6.61 Å². The summed E-state index contributed by atoms with van der Waals surface area (Å²) < 4.78 is 5.68. The van der Waals surface area contributed by atoms with E-state index in [1.807, 2.05) is 31.2 Å². The molecule has 0 saturated carbocycles. The number of nitrogens with one attached hydrogen (secondary N) is 2. The van der Waals surface area contributed by atoms with Gasteiger partial charge in [0.1, 0.15) is 18.0 Å². The molecule has 7 heteroatoms. The molecule has 2 amide bonds. The van der Waals surface area contributed by atoms with E-state index in [9.17, 15) is 14.4 Å². The SMILES string of the molecule is CCOc1ccc(/C=C(\NC(=O)c2ccccc2)C(=O)NCC(=O)O)c2ccccc12. The lowest BCUT2D eigenvalue weighted by molar-refractivity contribution is -0.137. The molecule has 0 radical (unpaired) electrons. The Balaban J connectivity index is 2.02. The molecule has 3 aromatic rings. The second kappa shape index (κ2) is 10.1. The van der Waals surface area contributed by atoms with Crippen LogP contribution in [0.4, 0.5) is 0 Å². The number of fused-ring (bicyclic) bond motifs is 1. The van der Waals surface area contributed by atoms with Gasteiger partial charge in [-0.15, -0.1) is 0 Å². The van der Waals surface area contributed by atoms with E-state index in [4.69, 9.17) is 9.84 Å². The molecule has 0 heterocycles. The number of carboxylic acid groups (broad SMARTS) is 1. The smallest absolute Gasteiger partial charge is 0.322 e. The maximum Gasteiger partial charge on any atom is 0.322 e. The van der Waals surface area contributed by atoms with Crippen molar-refractivity contribution in [1.82, 2.24) is 10.6 Å². The van der Waals surface area contributed by atoms with E-state index in [2.05, 4.69) is 10.6 Å². The molecular formula is C24H22N2O5. The molecule has 0 aliphatic rings. The Bertz CT molecular complexity index is 1140. The van der Waals surface area contributed by atoms with Crippen LogP contribution in [0.2, 0.25) is 0 Å². The van der Waals surface area contributed by atoms with Crippen molar-refractivity contribution in [2.24, 2.45) is 0 Å². The second-order valence-corrected chi connectivity index (χ2v) is 6.59. The fourth-order valence-electron chi connectivity index (χ4n) is 3.05. The Labute approximate surface area is 179 Å². The van der Waals surface area contributed by atoms with Gasteiger partial charge in [0.15, 0.2) is 0 Å². The molecule has 0 bridgehead atoms. The van der Waals surface area contributed by atoms with Crippen LogP contribution in [0.5, 0.6) is 5.75 Å². The monoisotopic (exact) mass is 418 g/mol. The standard InChI is InChI=1S/C24H22N2O5/c1-2-31-21-13-12-17(18-10-6-7-11-19(18)21)14-20(24(30)25-15-22(27)28)26-23(29)16-8-4-3-5-9-16/h3-14H,2,15H2,1H3,(H,25,30)(H,26,29)(H,27,28)/b20-14-. The zero-order chi connectivity index (χ0) is 22.2. The van der Waals surface area contributed by atoms with Gasteiger partial charge in [0, 0.05) is 10.9 Å². The van der Waals surface area contributed by atoms with Gasteiger partial charge in [-0.1, -0.05) is 48.5 Å². The summed E-state index contributed by atoms with van der Waals surface area (Å²) in [5.74, 6) is -1.66. The van der Waals surface area contributed by atoms with Crippen LogP contribution in [0, 0.1) is 0 Å². The lowest BCUT2D eigenvalue weighted by atomic mass is 10.0. The van der Waals surface area contributed by atoms with Crippen LogP contribution in [0.3, 0.4) is 0 Å². The summed E-state index contributed by atoms with van der Waals surface area (Å²) in [6, 6.07) is 19.6. The molecule has 7 nitrogen and oxygen atoms in total. The first-order valence-electron chi connectivity index (χ1n) is 9.72. The predicted octanol–water partition coefficient (Wildman–Crippen LogP) is 3.21. The van der Waals surface area contributed by atoms with Gasteiger partial charge in [-0.05, 0) is 42.1 Å². The Hall–Kier alpha value is -4.13. The molecule has 0 spiro atoms. The number of carbonyl (C=O) groups is 3. The van der Waals surface area contributed by atoms with E-state index in [0.29, 0.717) is 23.5 Å². The number of amides is 2. The van der Waals surface area contributed by atoms with E-state index >= 15 is 0 Å². The summed E-state index contributed by atoms with van der Waals surface area (Å²) in [5.41, 5.74) is 0.980. The summed E-state index contributed by atoms with van der Waals surface area (Å²) in [7, 11) is 0. The summed E-state index contributed by atoms with van der Waals surface area (Å²) in [6.45, 7) is 1.84. The van der Waals surface area contributed by atoms with Crippen LogP contribution in [-0.4, -0.2) is 36.0 Å². The Kier molecular flexibility index (Phi) is 7.01. The van der Waals surface area contributed by atoms with Gasteiger partial charge in [-0.3, -0.25) is 14.4 Å². The number of rotatable bonds is 8. The third-order valence-electron chi connectivity index (χ3n) is 4.45. The largest absolute Gasteiger partial charge is 0.493 e. The molecule has 0 atom stereocenters. The molecule has 0 unspecified atom stereocenters. The van der Waals surface area contributed by atoms with E-state index in [-0.39, 0.29) is 5.70 Å². The Morgan fingerprint density at radius 2 is 1.61 bits per heavy atom. The first-order chi connectivity index (χ1) is 15.0. The van der Waals surface area contributed by atoms with E-state index in [0.717, 1.165) is 10.8 Å². The Morgan fingerprint density at radius 1 is 0.935 bits per heavy atom. The van der Waals surface area contributed by atoms with Crippen LogP contribution >= 0.6 is 0 Å². The molecule has 31 heavy (non-hydrogen) atoms. The van der Waals surface area contributed by atoms with E-state index in [1.165, 1.54) is 6.08 Å². The highest BCUT2D eigenvalue weighted by molar-refractivity contribution is 6.07. The normalized spacial score (nSPS) is 11.1. The molecule has 0 saturated heterocycles.